The molecule has 1 unspecified atom stereocenters. The van der Waals surface area contributed by atoms with E-state index in [9.17, 15) is 0 Å². The molecule has 0 amide bonds. The highest BCUT2D eigenvalue weighted by atomic mass is 16.5. The zero-order chi connectivity index (χ0) is 11.6. The molecule has 1 heterocycles. The van der Waals surface area contributed by atoms with Crippen LogP contribution in [0.1, 0.15) is 24.5 Å². The van der Waals surface area contributed by atoms with Gasteiger partial charge in [0.1, 0.15) is 0 Å². The molecule has 16 heavy (non-hydrogen) atoms. The summed E-state index contributed by atoms with van der Waals surface area (Å²) in [6.07, 6.45) is 1.13. The fourth-order valence-corrected chi connectivity index (χ4v) is 2.48. The number of rotatable bonds is 4. The second-order valence-electron chi connectivity index (χ2n) is 5.19. The smallest absolute Gasteiger partial charge is 0.0585 e. The predicted molar refractivity (Wildman–Crippen MR) is 66.5 cm³/mol. The van der Waals surface area contributed by atoms with Crippen LogP contribution in [0, 0.1) is 12.8 Å². The fourth-order valence-electron chi connectivity index (χ4n) is 2.48. The summed E-state index contributed by atoms with van der Waals surface area (Å²) in [4.78, 5) is 0. The molecule has 0 spiro atoms. The normalized spacial score (nSPS) is 20.2. The molecule has 2 N–H and O–H groups in total. The summed E-state index contributed by atoms with van der Waals surface area (Å²) in [7, 11) is 0. The van der Waals surface area contributed by atoms with E-state index >= 15 is 0 Å². The Kier molecular flexibility index (Phi) is 3.31. The molecule has 2 heteroatoms. The minimum atomic E-state index is 0.227. The summed E-state index contributed by atoms with van der Waals surface area (Å²) < 4.78 is 5.44. The van der Waals surface area contributed by atoms with Crippen LogP contribution in [-0.4, -0.2) is 19.8 Å². The molecule has 1 aliphatic rings. The Balaban J connectivity index is 2.21. The van der Waals surface area contributed by atoms with Gasteiger partial charge in [-0.05, 0) is 31.4 Å². The van der Waals surface area contributed by atoms with Gasteiger partial charge < -0.3 is 10.5 Å². The number of aryl methyl sites for hydroxylation is 1. The molecule has 0 saturated carbocycles. The van der Waals surface area contributed by atoms with Gasteiger partial charge in [0.2, 0.25) is 0 Å². The van der Waals surface area contributed by atoms with Gasteiger partial charge in [0.15, 0.2) is 0 Å². The summed E-state index contributed by atoms with van der Waals surface area (Å²) in [5, 5.41) is 0. The van der Waals surface area contributed by atoms with Crippen LogP contribution in [0.4, 0.5) is 0 Å². The molecule has 1 aromatic rings. The van der Waals surface area contributed by atoms with Crippen LogP contribution >= 0.6 is 0 Å². The molecule has 1 fully saturated rings. The van der Waals surface area contributed by atoms with E-state index in [0.29, 0.717) is 5.92 Å². The van der Waals surface area contributed by atoms with Gasteiger partial charge >= 0.3 is 0 Å². The molecule has 0 bridgehead atoms. The maximum Gasteiger partial charge on any atom is 0.0585 e. The van der Waals surface area contributed by atoms with Gasteiger partial charge in [-0.1, -0.05) is 36.8 Å². The second-order valence-corrected chi connectivity index (χ2v) is 5.19. The third kappa shape index (κ3) is 2.13. The molecular formula is C14H21NO. The van der Waals surface area contributed by atoms with Gasteiger partial charge in [-0.2, -0.15) is 0 Å². The van der Waals surface area contributed by atoms with Gasteiger partial charge in [0.05, 0.1) is 13.2 Å². The van der Waals surface area contributed by atoms with E-state index in [-0.39, 0.29) is 5.41 Å². The van der Waals surface area contributed by atoms with Gasteiger partial charge in [-0.25, -0.2) is 0 Å². The summed E-state index contributed by atoms with van der Waals surface area (Å²) >= 11 is 0. The lowest BCUT2D eigenvalue weighted by Gasteiger charge is -2.43. The first-order chi connectivity index (χ1) is 7.66. The van der Waals surface area contributed by atoms with Crippen LogP contribution in [0.3, 0.4) is 0 Å². The SMILES string of the molecule is Cc1cccc(C2(CC(C)CN)COC2)c1. The molecule has 1 aliphatic heterocycles. The van der Waals surface area contributed by atoms with Crippen molar-refractivity contribution in [1.29, 1.82) is 0 Å². The van der Waals surface area contributed by atoms with Gasteiger partial charge in [-0.15, -0.1) is 0 Å². The summed E-state index contributed by atoms with van der Waals surface area (Å²) in [5.74, 6) is 0.560. The lowest BCUT2D eigenvalue weighted by molar-refractivity contribution is -0.0702. The average Bonchev–Trinajstić information content (AvgIpc) is 2.23. The molecule has 1 saturated heterocycles. The van der Waals surface area contributed by atoms with E-state index in [1.165, 1.54) is 11.1 Å². The maximum absolute atomic E-state index is 5.73. The van der Waals surface area contributed by atoms with Crippen LogP contribution < -0.4 is 5.73 Å². The Morgan fingerprint density at radius 1 is 1.44 bits per heavy atom. The Labute approximate surface area is 97.8 Å². The van der Waals surface area contributed by atoms with E-state index in [2.05, 4.69) is 38.1 Å². The summed E-state index contributed by atoms with van der Waals surface area (Å²) in [6, 6.07) is 8.78. The molecule has 1 aromatic carbocycles. The van der Waals surface area contributed by atoms with Crippen LogP contribution in [0.2, 0.25) is 0 Å². The van der Waals surface area contributed by atoms with E-state index < -0.39 is 0 Å². The molecule has 0 aromatic heterocycles. The first-order valence-corrected chi connectivity index (χ1v) is 6.01. The molecular weight excluding hydrogens is 198 g/mol. The van der Waals surface area contributed by atoms with Crippen molar-refractivity contribution in [3.8, 4) is 0 Å². The van der Waals surface area contributed by atoms with Crippen molar-refractivity contribution in [2.75, 3.05) is 19.8 Å². The number of hydrogen-bond acceptors (Lipinski definition) is 2. The van der Waals surface area contributed by atoms with E-state index in [4.69, 9.17) is 10.5 Å². The van der Waals surface area contributed by atoms with Gasteiger partial charge in [0, 0.05) is 5.41 Å². The topological polar surface area (TPSA) is 35.2 Å². The highest BCUT2D eigenvalue weighted by Crippen LogP contribution is 2.38. The highest BCUT2D eigenvalue weighted by Gasteiger charge is 2.40. The molecule has 0 aliphatic carbocycles. The van der Waals surface area contributed by atoms with Crippen molar-refractivity contribution in [2.45, 2.75) is 25.7 Å². The van der Waals surface area contributed by atoms with Crippen molar-refractivity contribution < 1.29 is 4.74 Å². The van der Waals surface area contributed by atoms with Crippen molar-refractivity contribution in [3.63, 3.8) is 0 Å². The van der Waals surface area contributed by atoms with Gasteiger partial charge in [-0.3, -0.25) is 0 Å². The number of hydrogen-bond donors (Lipinski definition) is 1. The first-order valence-electron chi connectivity index (χ1n) is 6.01. The van der Waals surface area contributed by atoms with E-state index in [1.54, 1.807) is 0 Å². The van der Waals surface area contributed by atoms with Crippen LogP contribution in [-0.2, 0) is 10.2 Å². The molecule has 2 nitrogen and oxygen atoms in total. The molecule has 1 atom stereocenters. The number of benzene rings is 1. The third-order valence-electron chi connectivity index (χ3n) is 3.53. The van der Waals surface area contributed by atoms with Crippen molar-refractivity contribution in [3.05, 3.63) is 35.4 Å². The van der Waals surface area contributed by atoms with E-state index in [0.717, 1.165) is 26.2 Å². The fraction of sp³-hybridized carbons (Fsp3) is 0.571. The molecule has 2 rings (SSSR count). The zero-order valence-electron chi connectivity index (χ0n) is 10.2. The summed E-state index contributed by atoms with van der Waals surface area (Å²) in [5.41, 5.74) is 8.69. The zero-order valence-corrected chi connectivity index (χ0v) is 10.2. The predicted octanol–water partition coefficient (Wildman–Crippen LogP) is 2.25. The summed E-state index contributed by atoms with van der Waals surface area (Å²) in [6.45, 7) is 6.81. The quantitative estimate of drug-likeness (QED) is 0.843. The average molecular weight is 219 g/mol. The maximum atomic E-state index is 5.73. The van der Waals surface area contributed by atoms with Crippen molar-refractivity contribution >= 4 is 0 Å². The lowest BCUT2D eigenvalue weighted by atomic mass is 9.72. The Morgan fingerprint density at radius 3 is 2.69 bits per heavy atom. The molecule has 0 radical (unpaired) electrons. The minimum Gasteiger partial charge on any atom is -0.379 e. The van der Waals surface area contributed by atoms with Crippen molar-refractivity contribution in [1.82, 2.24) is 0 Å². The van der Waals surface area contributed by atoms with Crippen molar-refractivity contribution in [2.24, 2.45) is 11.7 Å². The van der Waals surface area contributed by atoms with Crippen LogP contribution in [0.15, 0.2) is 24.3 Å². The number of nitrogens with two attached hydrogens (primary N) is 1. The Bertz CT molecular complexity index is 358. The van der Waals surface area contributed by atoms with E-state index in [1.807, 2.05) is 0 Å². The van der Waals surface area contributed by atoms with Gasteiger partial charge in [0.25, 0.3) is 0 Å². The largest absolute Gasteiger partial charge is 0.379 e. The monoisotopic (exact) mass is 219 g/mol. The Hall–Kier alpha value is -0.860. The standard InChI is InChI=1S/C14H21NO/c1-11-4-3-5-13(6-11)14(9-16-10-14)7-12(2)8-15/h3-6,12H,7-10,15H2,1-2H3. The van der Waals surface area contributed by atoms with Crippen LogP contribution in [0.5, 0.6) is 0 Å². The minimum absolute atomic E-state index is 0.227. The number of ether oxygens (including phenoxy) is 1. The molecule has 88 valence electrons. The van der Waals surface area contributed by atoms with Crippen LogP contribution in [0.25, 0.3) is 0 Å². The third-order valence-corrected chi connectivity index (χ3v) is 3.53. The first kappa shape index (κ1) is 11.6. The lowest BCUT2D eigenvalue weighted by Crippen LogP contribution is -2.48. The highest BCUT2D eigenvalue weighted by molar-refractivity contribution is 5.31. The Morgan fingerprint density at radius 2 is 2.19 bits per heavy atom. The second kappa shape index (κ2) is 4.56.